The minimum absolute atomic E-state index is 0.146. The van der Waals surface area contributed by atoms with Crippen molar-refractivity contribution in [3.63, 3.8) is 0 Å². The number of rotatable bonds is 3. The maximum absolute atomic E-state index is 13.0. The second-order valence-corrected chi connectivity index (χ2v) is 7.09. The third kappa shape index (κ3) is 2.58. The van der Waals surface area contributed by atoms with E-state index in [2.05, 4.69) is 42.6 Å². The van der Waals surface area contributed by atoms with Gasteiger partial charge in [0.15, 0.2) is 0 Å². The van der Waals surface area contributed by atoms with Gasteiger partial charge in [-0.25, -0.2) is 0 Å². The molecule has 2 atom stereocenters. The lowest BCUT2D eigenvalue weighted by Gasteiger charge is -2.27. The number of nitrogens with zero attached hydrogens (tertiary/aromatic N) is 1. The van der Waals surface area contributed by atoms with Gasteiger partial charge in [0.05, 0.1) is 0 Å². The summed E-state index contributed by atoms with van der Waals surface area (Å²) in [5.74, 6) is 0.146. The van der Waals surface area contributed by atoms with Gasteiger partial charge < -0.3 is 10.2 Å². The molecule has 1 heterocycles. The van der Waals surface area contributed by atoms with E-state index in [0.717, 1.165) is 24.2 Å². The molecule has 0 saturated carbocycles. The molecule has 0 aromatic heterocycles. The zero-order chi connectivity index (χ0) is 16.7. The first-order valence-corrected chi connectivity index (χ1v) is 8.93. The van der Waals surface area contributed by atoms with E-state index in [1.54, 1.807) is 0 Å². The molecule has 3 heteroatoms. The average molecular weight is 320 g/mol. The Morgan fingerprint density at radius 2 is 1.92 bits per heavy atom. The normalized spacial score (nSPS) is 19.8. The zero-order valence-electron chi connectivity index (χ0n) is 14.4. The van der Waals surface area contributed by atoms with Crippen LogP contribution in [0.1, 0.15) is 37.0 Å². The Morgan fingerprint density at radius 1 is 1.12 bits per heavy atom. The van der Waals surface area contributed by atoms with E-state index in [1.807, 2.05) is 24.0 Å². The summed E-state index contributed by atoms with van der Waals surface area (Å²) < 4.78 is 0. The number of carbonyl (C=O) groups excluding carboxylic acids is 1. The van der Waals surface area contributed by atoms with Crippen molar-refractivity contribution in [3.8, 4) is 0 Å². The van der Waals surface area contributed by atoms with Crippen LogP contribution in [0.5, 0.6) is 0 Å². The first kappa shape index (κ1) is 15.3. The molecule has 124 valence electrons. The van der Waals surface area contributed by atoms with Crippen LogP contribution < -0.4 is 10.2 Å². The molecule has 4 rings (SSSR count). The molecule has 1 amide bonds. The third-order valence-corrected chi connectivity index (χ3v) is 5.30. The summed E-state index contributed by atoms with van der Waals surface area (Å²) >= 11 is 0. The molecule has 0 fully saturated rings. The SMILES string of the molecule is CC(Nc1ccc2c(c1)CCC2)C(=O)N1c2ccccc2CC1C. The molecular weight excluding hydrogens is 296 g/mol. The molecule has 1 N–H and O–H groups in total. The maximum atomic E-state index is 13.0. The number of benzene rings is 2. The van der Waals surface area contributed by atoms with Gasteiger partial charge in [0.25, 0.3) is 0 Å². The van der Waals surface area contributed by atoms with Crippen molar-refractivity contribution < 1.29 is 4.79 Å². The minimum Gasteiger partial charge on any atom is -0.374 e. The van der Waals surface area contributed by atoms with Gasteiger partial charge in [0.1, 0.15) is 6.04 Å². The van der Waals surface area contributed by atoms with Crippen LogP contribution in [0.15, 0.2) is 42.5 Å². The Morgan fingerprint density at radius 3 is 2.79 bits per heavy atom. The van der Waals surface area contributed by atoms with Crippen molar-refractivity contribution in [2.24, 2.45) is 0 Å². The molecule has 2 aromatic carbocycles. The van der Waals surface area contributed by atoms with Crippen molar-refractivity contribution in [3.05, 3.63) is 59.2 Å². The lowest BCUT2D eigenvalue weighted by Crippen LogP contribution is -2.44. The Kier molecular flexibility index (Phi) is 3.79. The zero-order valence-corrected chi connectivity index (χ0v) is 14.4. The molecule has 24 heavy (non-hydrogen) atoms. The topological polar surface area (TPSA) is 32.3 Å². The number of carbonyl (C=O) groups is 1. The van der Waals surface area contributed by atoms with Crippen LogP contribution in [-0.2, 0) is 24.1 Å². The van der Waals surface area contributed by atoms with Crippen LogP contribution >= 0.6 is 0 Å². The smallest absolute Gasteiger partial charge is 0.249 e. The van der Waals surface area contributed by atoms with Gasteiger partial charge in [-0.3, -0.25) is 4.79 Å². The lowest BCUT2D eigenvalue weighted by atomic mass is 10.1. The monoisotopic (exact) mass is 320 g/mol. The van der Waals surface area contributed by atoms with Gasteiger partial charge in [0, 0.05) is 17.4 Å². The summed E-state index contributed by atoms with van der Waals surface area (Å²) in [6, 6.07) is 14.7. The van der Waals surface area contributed by atoms with Crippen LogP contribution in [0, 0.1) is 0 Å². The molecule has 2 unspecified atom stereocenters. The Hall–Kier alpha value is -2.29. The van der Waals surface area contributed by atoms with Gasteiger partial charge >= 0.3 is 0 Å². The fraction of sp³-hybridized carbons (Fsp3) is 0.381. The Balaban J connectivity index is 1.52. The molecule has 3 nitrogen and oxygen atoms in total. The van der Waals surface area contributed by atoms with E-state index >= 15 is 0 Å². The second kappa shape index (κ2) is 5.97. The van der Waals surface area contributed by atoms with Gasteiger partial charge in [0.2, 0.25) is 5.91 Å². The molecular formula is C21H24N2O. The summed E-state index contributed by atoms with van der Waals surface area (Å²) in [4.78, 5) is 15.0. The lowest BCUT2D eigenvalue weighted by molar-refractivity contribution is -0.119. The highest BCUT2D eigenvalue weighted by molar-refractivity contribution is 6.00. The van der Waals surface area contributed by atoms with Crippen LogP contribution in [0.3, 0.4) is 0 Å². The largest absolute Gasteiger partial charge is 0.374 e. The molecule has 2 aliphatic rings. The summed E-state index contributed by atoms with van der Waals surface area (Å²) in [6.45, 7) is 4.09. The van der Waals surface area contributed by atoms with E-state index in [4.69, 9.17) is 0 Å². The van der Waals surface area contributed by atoms with Crippen LogP contribution in [-0.4, -0.2) is 18.0 Å². The van der Waals surface area contributed by atoms with Crippen LogP contribution in [0.2, 0.25) is 0 Å². The Bertz CT molecular complexity index is 783. The highest BCUT2D eigenvalue weighted by Crippen LogP contribution is 2.32. The van der Waals surface area contributed by atoms with E-state index in [1.165, 1.54) is 29.5 Å². The number of para-hydroxylation sites is 1. The predicted octanol–water partition coefficient (Wildman–Crippen LogP) is 3.95. The highest BCUT2D eigenvalue weighted by atomic mass is 16.2. The van der Waals surface area contributed by atoms with Crippen LogP contribution in [0.4, 0.5) is 11.4 Å². The number of hydrogen-bond donors (Lipinski definition) is 1. The second-order valence-electron chi connectivity index (χ2n) is 7.09. The van der Waals surface area contributed by atoms with Crippen molar-refractivity contribution in [1.82, 2.24) is 0 Å². The number of aryl methyl sites for hydroxylation is 2. The van der Waals surface area contributed by atoms with Gasteiger partial charge in [-0.05, 0) is 74.4 Å². The first-order valence-electron chi connectivity index (χ1n) is 8.93. The summed E-state index contributed by atoms with van der Waals surface area (Å²) in [5.41, 5.74) is 6.28. The molecule has 1 aliphatic heterocycles. The molecule has 0 saturated heterocycles. The van der Waals surface area contributed by atoms with E-state index < -0.39 is 0 Å². The molecule has 0 spiro atoms. The number of anilines is 2. The van der Waals surface area contributed by atoms with Crippen molar-refractivity contribution in [2.45, 2.75) is 51.6 Å². The molecule has 2 aromatic rings. The molecule has 0 bridgehead atoms. The van der Waals surface area contributed by atoms with Gasteiger partial charge in [-0.1, -0.05) is 24.3 Å². The Labute approximate surface area is 143 Å². The highest BCUT2D eigenvalue weighted by Gasteiger charge is 2.33. The van der Waals surface area contributed by atoms with E-state index in [9.17, 15) is 4.79 Å². The number of hydrogen-bond acceptors (Lipinski definition) is 2. The predicted molar refractivity (Wildman–Crippen MR) is 98.6 cm³/mol. The van der Waals surface area contributed by atoms with Crippen LogP contribution in [0.25, 0.3) is 0 Å². The maximum Gasteiger partial charge on any atom is 0.249 e. The van der Waals surface area contributed by atoms with E-state index in [-0.39, 0.29) is 18.0 Å². The summed E-state index contributed by atoms with van der Waals surface area (Å²) in [6.07, 6.45) is 4.53. The number of nitrogens with one attached hydrogen (secondary N) is 1. The van der Waals surface area contributed by atoms with Gasteiger partial charge in [-0.2, -0.15) is 0 Å². The number of fused-ring (bicyclic) bond motifs is 2. The quantitative estimate of drug-likeness (QED) is 0.928. The van der Waals surface area contributed by atoms with Gasteiger partial charge in [-0.15, -0.1) is 0 Å². The summed E-state index contributed by atoms with van der Waals surface area (Å²) in [7, 11) is 0. The average Bonchev–Trinajstić information content (AvgIpc) is 3.16. The van der Waals surface area contributed by atoms with Crippen molar-refractivity contribution in [1.29, 1.82) is 0 Å². The third-order valence-electron chi connectivity index (χ3n) is 5.30. The standard InChI is InChI=1S/C21H24N2O/c1-14-12-18-6-3-4-9-20(18)23(14)21(24)15(2)22-19-11-10-16-7-5-8-17(16)13-19/h3-4,6,9-11,13-15,22H,5,7-8,12H2,1-2H3. The van der Waals surface area contributed by atoms with E-state index in [0.29, 0.717) is 0 Å². The number of amides is 1. The van der Waals surface area contributed by atoms with Crippen molar-refractivity contribution in [2.75, 3.05) is 10.2 Å². The molecule has 1 aliphatic carbocycles. The molecule has 0 radical (unpaired) electrons. The summed E-state index contributed by atoms with van der Waals surface area (Å²) in [5, 5.41) is 3.41. The fourth-order valence-electron chi connectivity index (χ4n) is 4.08. The minimum atomic E-state index is -0.238. The van der Waals surface area contributed by atoms with Crippen molar-refractivity contribution >= 4 is 17.3 Å². The first-order chi connectivity index (χ1) is 11.6. The fourth-order valence-corrected chi connectivity index (χ4v) is 4.08.